The Kier molecular flexibility index (Phi) is 6.59. The van der Waals surface area contributed by atoms with Gasteiger partial charge >= 0.3 is 5.97 Å². The van der Waals surface area contributed by atoms with E-state index in [1.807, 2.05) is 42.2 Å². The van der Waals surface area contributed by atoms with E-state index >= 15 is 0 Å². The summed E-state index contributed by atoms with van der Waals surface area (Å²) in [6.45, 7) is 4.02. The second-order valence-corrected chi connectivity index (χ2v) is 6.33. The average Bonchev–Trinajstić information content (AvgIpc) is 3.37. The van der Waals surface area contributed by atoms with Crippen LogP contribution >= 0.6 is 0 Å². The van der Waals surface area contributed by atoms with Crippen LogP contribution < -0.4 is 5.32 Å². The fourth-order valence-electron chi connectivity index (χ4n) is 2.53. The van der Waals surface area contributed by atoms with Crippen LogP contribution in [-0.2, 0) is 20.9 Å². The molecule has 1 saturated carbocycles. The average molecular weight is 318 g/mol. The van der Waals surface area contributed by atoms with Gasteiger partial charge in [-0.15, -0.1) is 0 Å². The molecule has 1 aromatic carbocycles. The normalized spacial score (nSPS) is 15.3. The van der Waals surface area contributed by atoms with Crippen molar-refractivity contribution in [2.75, 3.05) is 26.7 Å². The SMILES string of the molecule is COC(=O)[C@H](C)CN(CC(=O)NCC1CC1)Cc1ccccc1. The second kappa shape index (κ2) is 8.67. The summed E-state index contributed by atoms with van der Waals surface area (Å²) in [6, 6.07) is 9.97. The topological polar surface area (TPSA) is 58.6 Å². The lowest BCUT2D eigenvalue weighted by Gasteiger charge is -2.24. The molecular formula is C18H26N2O3. The molecule has 23 heavy (non-hydrogen) atoms. The van der Waals surface area contributed by atoms with Gasteiger partial charge < -0.3 is 10.1 Å². The largest absolute Gasteiger partial charge is 0.469 e. The van der Waals surface area contributed by atoms with E-state index in [1.54, 1.807) is 0 Å². The molecule has 126 valence electrons. The number of hydrogen-bond donors (Lipinski definition) is 1. The first-order valence-electron chi connectivity index (χ1n) is 8.19. The molecule has 0 spiro atoms. The van der Waals surface area contributed by atoms with Crippen molar-refractivity contribution in [2.45, 2.75) is 26.3 Å². The van der Waals surface area contributed by atoms with Crippen LogP contribution in [0.15, 0.2) is 30.3 Å². The molecule has 0 radical (unpaired) electrons. The maximum absolute atomic E-state index is 12.1. The zero-order valence-corrected chi connectivity index (χ0v) is 14.0. The van der Waals surface area contributed by atoms with Crippen LogP contribution in [0.25, 0.3) is 0 Å². The molecule has 1 aliphatic rings. The lowest BCUT2D eigenvalue weighted by molar-refractivity contribution is -0.145. The van der Waals surface area contributed by atoms with Crippen LogP contribution in [0.5, 0.6) is 0 Å². The van der Waals surface area contributed by atoms with Gasteiger partial charge in [0.05, 0.1) is 19.6 Å². The number of benzene rings is 1. The van der Waals surface area contributed by atoms with Gasteiger partial charge in [-0.05, 0) is 24.3 Å². The summed E-state index contributed by atoms with van der Waals surface area (Å²) in [5.41, 5.74) is 1.12. The molecule has 1 N–H and O–H groups in total. The van der Waals surface area contributed by atoms with Crippen molar-refractivity contribution in [3.8, 4) is 0 Å². The Morgan fingerprint density at radius 2 is 2.00 bits per heavy atom. The smallest absolute Gasteiger partial charge is 0.309 e. The molecule has 2 rings (SSSR count). The van der Waals surface area contributed by atoms with Gasteiger partial charge in [0.2, 0.25) is 5.91 Å². The highest BCUT2D eigenvalue weighted by molar-refractivity contribution is 5.78. The van der Waals surface area contributed by atoms with E-state index in [0.29, 0.717) is 25.6 Å². The lowest BCUT2D eigenvalue weighted by Crippen LogP contribution is -2.40. The summed E-state index contributed by atoms with van der Waals surface area (Å²) in [7, 11) is 1.39. The number of hydrogen-bond acceptors (Lipinski definition) is 4. The summed E-state index contributed by atoms with van der Waals surface area (Å²) < 4.78 is 4.79. The van der Waals surface area contributed by atoms with Crippen LogP contribution in [0.3, 0.4) is 0 Å². The van der Waals surface area contributed by atoms with Crippen LogP contribution in [0, 0.1) is 11.8 Å². The molecule has 1 aromatic rings. The summed E-state index contributed by atoms with van der Waals surface area (Å²) >= 11 is 0. The van der Waals surface area contributed by atoms with Crippen LogP contribution in [0.2, 0.25) is 0 Å². The Morgan fingerprint density at radius 1 is 1.30 bits per heavy atom. The van der Waals surface area contributed by atoms with Crippen molar-refractivity contribution in [3.63, 3.8) is 0 Å². The molecule has 0 heterocycles. The first-order valence-corrected chi connectivity index (χ1v) is 8.19. The third kappa shape index (κ3) is 6.40. The van der Waals surface area contributed by atoms with Crippen molar-refractivity contribution in [3.05, 3.63) is 35.9 Å². The predicted octanol–water partition coefficient (Wildman–Crippen LogP) is 1.82. The molecular weight excluding hydrogens is 292 g/mol. The zero-order chi connectivity index (χ0) is 16.7. The van der Waals surface area contributed by atoms with E-state index in [9.17, 15) is 9.59 Å². The zero-order valence-electron chi connectivity index (χ0n) is 14.0. The van der Waals surface area contributed by atoms with E-state index in [0.717, 1.165) is 12.1 Å². The van der Waals surface area contributed by atoms with Crippen LogP contribution in [0.1, 0.15) is 25.3 Å². The van der Waals surface area contributed by atoms with Gasteiger partial charge in [-0.3, -0.25) is 14.5 Å². The minimum atomic E-state index is -0.264. The van der Waals surface area contributed by atoms with Crippen LogP contribution in [-0.4, -0.2) is 43.5 Å². The summed E-state index contributed by atoms with van der Waals surface area (Å²) in [4.78, 5) is 25.8. The number of amides is 1. The minimum Gasteiger partial charge on any atom is -0.469 e. The van der Waals surface area contributed by atoms with Crippen molar-refractivity contribution in [1.29, 1.82) is 0 Å². The first kappa shape index (κ1) is 17.5. The summed E-state index contributed by atoms with van der Waals surface area (Å²) in [5.74, 6) is 0.168. The van der Waals surface area contributed by atoms with Crippen molar-refractivity contribution in [2.24, 2.45) is 11.8 Å². The predicted molar refractivity (Wildman–Crippen MR) is 88.6 cm³/mol. The maximum atomic E-state index is 12.1. The Hall–Kier alpha value is -1.88. The van der Waals surface area contributed by atoms with Gasteiger partial charge in [-0.2, -0.15) is 0 Å². The number of carbonyl (C=O) groups is 2. The number of nitrogens with one attached hydrogen (secondary N) is 1. The highest BCUT2D eigenvalue weighted by Gasteiger charge is 2.23. The number of esters is 1. The third-order valence-electron chi connectivity index (χ3n) is 4.04. The number of nitrogens with zero attached hydrogens (tertiary/aromatic N) is 1. The molecule has 1 aliphatic carbocycles. The molecule has 0 bridgehead atoms. The van der Waals surface area contributed by atoms with Gasteiger partial charge in [0, 0.05) is 19.6 Å². The fraction of sp³-hybridized carbons (Fsp3) is 0.556. The highest BCUT2D eigenvalue weighted by Crippen LogP contribution is 2.27. The van der Waals surface area contributed by atoms with Gasteiger partial charge in [-0.25, -0.2) is 0 Å². The number of carbonyl (C=O) groups excluding carboxylic acids is 2. The molecule has 1 amide bonds. The molecule has 5 heteroatoms. The standard InChI is InChI=1S/C18H26N2O3/c1-14(18(22)23-2)11-20(12-16-6-4-3-5-7-16)13-17(21)19-10-15-8-9-15/h3-7,14-15H,8-13H2,1-2H3,(H,19,21)/t14-/m1/s1. The van der Waals surface area contributed by atoms with E-state index in [1.165, 1.54) is 20.0 Å². The molecule has 0 aromatic heterocycles. The Morgan fingerprint density at radius 3 is 2.61 bits per heavy atom. The summed E-state index contributed by atoms with van der Waals surface area (Å²) in [5, 5.41) is 2.98. The van der Waals surface area contributed by atoms with Crippen molar-refractivity contribution in [1.82, 2.24) is 10.2 Å². The summed E-state index contributed by atoms with van der Waals surface area (Å²) in [6.07, 6.45) is 2.43. The molecule has 0 aliphatic heterocycles. The minimum absolute atomic E-state index is 0.0184. The van der Waals surface area contributed by atoms with Gasteiger partial charge in [0.25, 0.3) is 0 Å². The quantitative estimate of drug-likeness (QED) is 0.706. The van der Waals surface area contributed by atoms with E-state index < -0.39 is 0 Å². The first-order chi connectivity index (χ1) is 11.1. The van der Waals surface area contributed by atoms with Gasteiger partial charge in [0.15, 0.2) is 0 Å². The molecule has 5 nitrogen and oxygen atoms in total. The number of ether oxygens (including phenoxy) is 1. The molecule has 1 fully saturated rings. The number of methoxy groups -OCH3 is 1. The van der Waals surface area contributed by atoms with Gasteiger partial charge in [-0.1, -0.05) is 37.3 Å². The maximum Gasteiger partial charge on any atom is 0.309 e. The van der Waals surface area contributed by atoms with Crippen molar-refractivity contribution >= 4 is 11.9 Å². The monoisotopic (exact) mass is 318 g/mol. The second-order valence-electron chi connectivity index (χ2n) is 6.33. The molecule has 0 unspecified atom stereocenters. The molecule has 1 atom stereocenters. The molecule has 0 saturated heterocycles. The van der Waals surface area contributed by atoms with Crippen molar-refractivity contribution < 1.29 is 14.3 Å². The Labute approximate surface area is 138 Å². The van der Waals surface area contributed by atoms with Gasteiger partial charge in [0.1, 0.15) is 0 Å². The number of rotatable bonds is 9. The highest BCUT2D eigenvalue weighted by atomic mass is 16.5. The Bertz CT molecular complexity index is 514. The fourth-order valence-corrected chi connectivity index (χ4v) is 2.53. The van der Waals surface area contributed by atoms with E-state index in [2.05, 4.69) is 5.32 Å². The van der Waals surface area contributed by atoms with Crippen LogP contribution in [0.4, 0.5) is 0 Å². The van der Waals surface area contributed by atoms with E-state index in [4.69, 9.17) is 4.74 Å². The lowest BCUT2D eigenvalue weighted by atomic mass is 10.1. The van der Waals surface area contributed by atoms with E-state index in [-0.39, 0.29) is 17.8 Å². The Balaban J connectivity index is 1.91. The third-order valence-corrected chi connectivity index (χ3v) is 4.04.